The molecule has 0 aliphatic carbocycles. The summed E-state index contributed by atoms with van der Waals surface area (Å²) in [5, 5.41) is 9.77. The van der Waals surface area contributed by atoms with Gasteiger partial charge in [-0.2, -0.15) is 0 Å². The Morgan fingerprint density at radius 1 is 1.23 bits per heavy atom. The normalized spacial score (nSPS) is 20.3. The molecule has 2 heterocycles. The van der Waals surface area contributed by atoms with Gasteiger partial charge in [-0.15, -0.1) is 0 Å². The minimum absolute atomic E-state index is 0.114. The van der Waals surface area contributed by atoms with Crippen LogP contribution in [0, 0.1) is 0 Å². The summed E-state index contributed by atoms with van der Waals surface area (Å²) in [4.78, 5) is 0. The first-order chi connectivity index (χ1) is 12.5. The quantitative estimate of drug-likeness (QED) is 0.874. The number of fused-ring (bicyclic) bond motifs is 3. The summed E-state index contributed by atoms with van der Waals surface area (Å²) in [6.45, 7) is 7.39. The Hall–Kier alpha value is -2.36. The smallest absolute Gasteiger partial charge is 0.129 e. The predicted octanol–water partition coefficient (Wildman–Crippen LogP) is 4.61. The van der Waals surface area contributed by atoms with Crippen molar-refractivity contribution in [3.8, 4) is 23.0 Å². The molecule has 0 unspecified atom stereocenters. The highest BCUT2D eigenvalue weighted by Crippen LogP contribution is 2.45. The summed E-state index contributed by atoms with van der Waals surface area (Å²) in [7, 11) is 0. The number of rotatable bonds is 3. The van der Waals surface area contributed by atoms with Gasteiger partial charge in [0.2, 0.25) is 0 Å². The third-order valence-electron chi connectivity index (χ3n) is 5.29. The minimum Gasteiger partial charge on any atom is -0.508 e. The number of ether oxygens (including phenoxy) is 3. The van der Waals surface area contributed by atoms with E-state index < -0.39 is 0 Å². The second-order valence-electron chi connectivity index (χ2n) is 7.76. The number of aromatic hydroxyl groups is 1. The van der Waals surface area contributed by atoms with E-state index in [1.807, 2.05) is 13.0 Å². The van der Waals surface area contributed by atoms with Crippen molar-refractivity contribution < 1.29 is 19.3 Å². The fraction of sp³-hybridized carbons (Fsp3) is 0.455. The highest BCUT2D eigenvalue weighted by molar-refractivity contribution is 5.54. The molecular formula is C22H26O4. The molecule has 0 saturated carbocycles. The molecule has 1 atom stereocenters. The third kappa shape index (κ3) is 3.09. The van der Waals surface area contributed by atoms with E-state index in [9.17, 15) is 5.11 Å². The average molecular weight is 354 g/mol. The van der Waals surface area contributed by atoms with Gasteiger partial charge in [0.05, 0.1) is 13.2 Å². The average Bonchev–Trinajstić information content (AvgIpc) is 2.60. The predicted molar refractivity (Wildman–Crippen MR) is 101 cm³/mol. The van der Waals surface area contributed by atoms with Gasteiger partial charge in [-0.05, 0) is 57.7 Å². The molecule has 0 spiro atoms. The zero-order chi connectivity index (χ0) is 18.3. The number of phenolic OH excluding ortho intramolecular Hbond substituents is 1. The molecule has 4 nitrogen and oxygen atoms in total. The Kier molecular flexibility index (Phi) is 4.22. The monoisotopic (exact) mass is 354 g/mol. The second kappa shape index (κ2) is 6.42. The van der Waals surface area contributed by atoms with Gasteiger partial charge in [0.15, 0.2) is 0 Å². The number of benzene rings is 2. The molecule has 0 saturated heterocycles. The van der Waals surface area contributed by atoms with E-state index in [1.54, 1.807) is 12.1 Å². The van der Waals surface area contributed by atoms with E-state index in [0.717, 1.165) is 42.1 Å². The molecule has 2 aromatic rings. The lowest BCUT2D eigenvalue weighted by molar-refractivity contribution is 0.0826. The van der Waals surface area contributed by atoms with Crippen molar-refractivity contribution in [2.24, 2.45) is 0 Å². The molecule has 0 aromatic heterocycles. The van der Waals surface area contributed by atoms with E-state index in [4.69, 9.17) is 14.2 Å². The lowest BCUT2D eigenvalue weighted by atomic mass is 9.86. The molecule has 2 aliphatic heterocycles. The lowest BCUT2D eigenvalue weighted by Crippen LogP contribution is -2.33. The fourth-order valence-corrected chi connectivity index (χ4v) is 3.95. The third-order valence-corrected chi connectivity index (χ3v) is 5.29. The van der Waals surface area contributed by atoms with Crippen LogP contribution in [0.4, 0.5) is 0 Å². The standard InChI is InChI=1S/C22H26O4/c1-4-24-20-12-16(23)6-7-17(20)15-11-14-5-8-19-18(21(14)25-13-15)9-10-22(2,3)26-19/h5-8,12,15,23H,4,9-11,13H2,1-3H3/t15-/m0/s1. The van der Waals surface area contributed by atoms with Gasteiger partial charge in [0.25, 0.3) is 0 Å². The Morgan fingerprint density at radius 3 is 2.88 bits per heavy atom. The fourth-order valence-electron chi connectivity index (χ4n) is 3.95. The summed E-state index contributed by atoms with van der Waals surface area (Å²) >= 11 is 0. The molecule has 1 N–H and O–H groups in total. The molecule has 2 aliphatic rings. The summed E-state index contributed by atoms with van der Waals surface area (Å²) in [5.74, 6) is 3.14. The van der Waals surface area contributed by atoms with E-state index in [0.29, 0.717) is 13.2 Å². The van der Waals surface area contributed by atoms with Crippen molar-refractivity contribution in [1.82, 2.24) is 0 Å². The summed E-state index contributed by atoms with van der Waals surface area (Å²) in [6.07, 6.45) is 2.88. The molecule has 2 aromatic carbocycles. The van der Waals surface area contributed by atoms with E-state index in [1.165, 1.54) is 11.1 Å². The van der Waals surface area contributed by atoms with Gasteiger partial charge in [-0.3, -0.25) is 0 Å². The van der Waals surface area contributed by atoms with E-state index >= 15 is 0 Å². The van der Waals surface area contributed by atoms with Crippen LogP contribution in [-0.2, 0) is 12.8 Å². The van der Waals surface area contributed by atoms with Crippen LogP contribution in [0.3, 0.4) is 0 Å². The van der Waals surface area contributed by atoms with Gasteiger partial charge >= 0.3 is 0 Å². The summed E-state index contributed by atoms with van der Waals surface area (Å²) in [6, 6.07) is 9.57. The maximum absolute atomic E-state index is 9.77. The molecule has 4 heteroatoms. The maximum atomic E-state index is 9.77. The van der Waals surface area contributed by atoms with Crippen LogP contribution in [0.1, 0.15) is 49.8 Å². The zero-order valence-electron chi connectivity index (χ0n) is 15.7. The summed E-state index contributed by atoms with van der Waals surface area (Å²) in [5.41, 5.74) is 3.40. The van der Waals surface area contributed by atoms with Crippen molar-refractivity contribution in [3.05, 3.63) is 47.0 Å². The van der Waals surface area contributed by atoms with Gasteiger partial charge in [0, 0.05) is 23.1 Å². The molecule has 0 fully saturated rings. The first-order valence-corrected chi connectivity index (χ1v) is 9.39. The number of phenols is 1. The van der Waals surface area contributed by atoms with Gasteiger partial charge in [0.1, 0.15) is 28.6 Å². The Bertz CT molecular complexity index is 825. The molecule has 0 bridgehead atoms. The van der Waals surface area contributed by atoms with Crippen LogP contribution in [0.15, 0.2) is 30.3 Å². The van der Waals surface area contributed by atoms with Gasteiger partial charge < -0.3 is 19.3 Å². The van der Waals surface area contributed by atoms with Gasteiger partial charge in [-0.1, -0.05) is 12.1 Å². The van der Waals surface area contributed by atoms with Crippen LogP contribution in [0.5, 0.6) is 23.0 Å². The molecular weight excluding hydrogens is 328 g/mol. The first kappa shape index (κ1) is 17.1. The van der Waals surface area contributed by atoms with Crippen LogP contribution >= 0.6 is 0 Å². The second-order valence-corrected chi connectivity index (χ2v) is 7.76. The van der Waals surface area contributed by atoms with Crippen molar-refractivity contribution in [1.29, 1.82) is 0 Å². The van der Waals surface area contributed by atoms with Crippen molar-refractivity contribution in [2.75, 3.05) is 13.2 Å². The minimum atomic E-state index is -0.114. The molecule has 0 radical (unpaired) electrons. The van der Waals surface area contributed by atoms with Crippen LogP contribution < -0.4 is 14.2 Å². The van der Waals surface area contributed by atoms with Crippen molar-refractivity contribution in [3.63, 3.8) is 0 Å². The topological polar surface area (TPSA) is 47.9 Å². The molecule has 4 rings (SSSR count). The van der Waals surface area contributed by atoms with Crippen LogP contribution in [-0.4, -0.2) is 23.9 Å². The Labute approximate surface area is 154 Å². The Morgan fingerprint density at radius 2 is 2.08 bits per heavy atom. The first-order valence-electron chi connectivity index (χ1n) is 9.39. The van der Waals surface area contributed by atoms with Crippen molar-refractivity contribution in [2.45, 2.75) is 51.6 Å². The van der Waals surface area contributed by atoms with Crippen molar-refractivity contribution >= 4 is 0 Å². The molecule has 138 valence electrons. The largest absolute Gasteiger partial charge is 0.508 e. The highest BCUT2D eigenvalue weighted by atomic mass is 16.5. The van der Waals surface area contributed by atoms with E-state index in [-0.39, 0.29) is 17.3 Å². The zero-order valence-corrected chi connectivity index (χ0v) is 15.7. The highest BCUT2D eigenvalue weighted by Gasteiger charge is 2.32. The molecule has 0 amide bonds. The van der Waals surface area contributed by atoms with Crippen LogP contribution in [0.25, 0.3) is 0 Å². The maximum Gasteiger partial charge on any atom is 0.129 e. The Balaban J connectivity index is 1.64. The van der Waals surface area contributed by atoms with Gasteiger partial charge in [-0.25, -0.2) is 0 Å². The number of hydrogen-bond donors (Lipinski definition) is 1. The van der Waals surface area contributed by atoms with E-state index in [2.05, 4.69) is 26.0 Å². The lowest BCUT2D eigenvalue weighted by Gasteiger charge is -2.36. The van der Waals surface area contributed by atoms with Crippen LogP contribution in [0.2, 0.25) is 0 Å². The SMILES string of the molecule is CCOc1cc(O)ccc1[C@@H]1COc2c(ccc3c2CCC(C)(C)O3)C1. The summed E-state index contributed by atoms with van der Waals surface area (Å²) < 4.78 is 18.1. The number of hydrogen-bond acceptors (Lipinski definition) is 4. The molecule has 26 heavy (non-hydrogen) atoms.